The summed E-state index contributed by atoms with van der Waals surface area (Å²) in [6.45, 7) is 0.170. The SMILES string of the molecule is CN(C)c1nc(N[C@H]2CC[C@@H](CN(C(=O)O)c3cccc(C(F)(F)F)c3)CC2)nc2c1CCCC2. The van der Waals surface area contributed by atoms with Gasteiger partial charge in [0.05, 0.1) is 11.3 Å². The first kappa shape index (κ1) is 25.1. The molecule has 1 saturated carbocycles. The summed E-state index contributed by atoms with van der Waals surface area (Å²) in [5, 5.41) is 13.2. The van der Waals surface area contributed by atoms with Crippen LogP contribution in [-0.4, -0.2) is 47.8 Å². The Morgan fingerprint density at radius 3 is 2.49 bits per heavy atom. The van der Waals surface area contributed by atoms with E-state index in [0.29, 0.717) is 5.95 Å². The van der Waals surface area contributed by atoms with Crippen LogP contribution in [0.25, 0.3) is 0 Å². The number of hydrogen-bond donors (Lipinski definition) is 2. The predicted molar refractivity (Wildman–Crippen MR) is 129 cm³/mol. The molecule has 0 saturated heterocycles. The van der Waals surface area contributed by atoms with Crippen LogP contribution in [0.4, 0.5) is 35.4 Å². The first-order valence-corrected chi connectivity index (χ1v) is 12.1. The van der Waals surface area contributed by atoms with E-state index in [0.717, 1.165) is 79.9 Å². The van der Waals surface area contributed by atoms with Gasteiger partial charge in [0.1, 0.15) is 5.82 Å². The quantitative estimate of drug-likeness (QED) is 0.548. The van der Waals surface area contributed by atoms with Gasteiger partial charge in [0.2, 0.25) is 5.95 Å². The van der Waals surface area contributed by atoms with Gasteiger partial charge in [-0.2, -0.15) is 18.2 Å². The van der Waals surface area contributed by atoms with Crippen molar-refractivity contribution >= 4 is 23.5 Å². The van der Waals surface area contributed by atoms with E-state index in [1.165, 1.54) is 17.7 Å². The van der Waals surface area contributed by atoms with Crippen LogP contribution >= 0.6 is 0 Å². The van der Waals surface area contributed by atoms with Gasteiger partial charge in [-0.1, -0.05) is 6.07 Å². The summed E-state index contributed by atoms with van der Waals surface area (Å²) < 4.78 is 39.3. The van der Waals surface area contributed by atoms with Gasteiger partial charge in [0.25, 0.3) is 0 Å². The number of halogens is 3. The molecule has 0 bridgehead atoms. The molecule has 0 radical (unpaired) electrons. The molecule has 35 heavy (non-hydrogen) atoms. The number of anilines is 3. The third kappa shape index (κ3) is 5.97. The summed E-state index contributed by atoms with van der Waals surface area (Å²) in [6.07, 6.45) is 1.66. The van der Waals surface area contributed by atoms with Crippen LogP contribution in [-0.2, 0) is 19.0 Å². The fourth-order valence-electron chi connectivity index (χ4n) is 5.08. The second kappa shape index (κ2) is 10.3. The molecule has 2 aromatic rings. The zero-order chi connectivity index (χ0) is 25.2. The first-order valence-electron chi connectivity index (χ1n) is 12.1. The van der Waals surface area contributed by atoms with Gasteiger partial charge in [-0.3, -0.25) is 4.90 Å². The number of rotatable bonds is 6. The smallest absolute Gasteiger partial charge is 0.416 e. The molecule has 0 spiro atoms. The van der Waals surface area contributed by atoms with Crippen LogP contribution in [0.3, 0.4) is 0 Å². The van der Waals surface area contributed by atoms with Crippen molar-refractivity contribution < 1.29 is 23.1 Å². The number of carbonyl (C=O) groups is 1. The van der Waals surface area contributed by atoms with E-state index in [2.05, 4.69) is 5.32 Å². The summed E-state index contributed by atoms with van der Waals surface area (Å²) in [4.78, 5) is 24.5. The molecule has 0 atom stereocenters. The number of nitrogens with zero attached hydrogens (tertiary/aromatic N) is 4. The first-order chi connectivity index (χ1) is 16.6. The maximum atomic E-state index is 13.1. The zero-order valence-corrected chi connectivity index (χ0v) is 20.1. The lowest BCUT2D eigenvalue weighted by Gasteiger charge is -2.32. The van der Waals surface area contributed by atoms with Crippen molar-refractivity contribution in [1.82, 2.24) is 9.97 Å². The standard InChI is InChI=1S/C25H32F3N5O2/c1-32(2)22-20-8-3-4-9-21(20)30-23(31-22)29-18-12-10-16(11-13-18)15-33(24(34)35)19-7-5-6-17(14-19)25(26,27)28/h5-7,14,16,18H,3-4,8-13,15H2,1-2H3,(H,34,35)(H,29,30,31)/t16-,18+. The number of hydrogen-bond acceptors (Lipinski definition) is 5. The van der Waals surface area contributed by atoms with Gasteiger partial charge in [-0.05, 0) is 75.5 Å². The fraction of sp³-hybridized carbons (Fsp3) is 0.560. The minimum absolute atomic E-state index is 0.0475. The van der Waals surface area contributed by atoms with Gasteiger partial charge < -0.3 is 15.3 Å². The van der Waals surface area contributed by atoms with Crippen LogP contribution in [0.1, 0.15) is 55.3 Å². The highest BCUT2D eigenvalue weighted by atomic mass is 19.4. The van der Waals surface area contributed by atoms with Gasteiger partial charge in [-0.15, -0.1) is 0 Å². The molecule has 2 aliphatic rings. The Labute approximate surface area is 203 Å². The Bertz CT molecular complexity index is 1050. The number of amides is 1. The van der Waals surface area contributed by atoms with Crippen molar-refractivity contribution in [2.45, 2.75) is 63.6 Å². The van der Waals surface area contributed by atoms with Gasteiger partial charge in [0, 0.05) is 37.9 Å². The van der Waals surface area contributed by atoms with Crippen LogP contribution in [0, 0.1) is 5.92 Å². The lowest BCUT2D eigenvalue weighted by Crippen LogP contribution is -2.37. The predicted octanol–water partition coefficient (Wildman–Crippen LogP) is 5.60. The van der Waals surface area contributed by atoms with E-state index in [1.807, 2.05) is 19.0 Å². The number of benzene rings is 1. The van der Waals surface area contributed by atoms with Crippen LogP contribution < -0.4 is 15.1 Å². The van der Waals surface area contributed by atoms with E-state index < -0.39 is 17.8 Å². The molecule has 1 aromatic heterocycles. The molecule has 1 amide bonds. The Morgan fingerprint density at radius 1 is 1.11 bits per heavy atom. The van der Waals surface area contributed by atoms with Crippen LogP contribution in [0.15, 0.2) is 24.3 Å². The van der Waals surface area contributed by atoms with E-state index >= 15 is 0 Å². The Balaban J connectivity index is 1.39. The van der Waals surface area contributed by atoms with Gasteiger partial charge in [0.15, 0.2) is 0 Å². The van der Waals surface area contributed by atoms with Crippen molar-refractivity contribution in [3.8, 4) is 0 Å². The molecule has 2 aliphatic carbocycles. The maximum absolute atomic E-state index is 13.1. The van der Waals surface area contributed by atoms with Crippen molar-refractivity contribution in [2.24, 2.45) is 5.92 Å². The average molecular weight is 492 g/mol. The lowest BCUT2D eigenvalue weighted by molar-refractivity contribution is -0.137. The minimum Gasteiger partial charge on any atom is -0.465 e. The summed E-state index contributed by atoms with van der Waals surface area (Å²) in [6, 6.07) is 4.68. The average Bonchev–Trinajstić information content (AvgIpc) is 2.82. The molecule has 1 aromatic carbocycles. The molecule has 1 heterocycles. The molecule has 1 fully saturated rings. The number of carboxylic acid groups (broad SMARTS) is 1. The largest absolute Gasteiger partial charge is 0.465 e. The normalized spacial score (nSPS) is 20.1. The summed E-state index contributed by atoms with van der Waals surface area (Å²) >= 11 is 0. The lowest BCUT2D eigenvalue weighted by atomic mass is 9.85. The molecule has 2 N–H and O–H groups in total. The second-order valence-corrected chi connectivity index (χ2v) is 9.70. The number of aromatic nitrogens is 2. The maximum Gasteiger partial charge on any atom is 0.416 e. The zero-order valence-electron chi connectivity index (χ0n) is 20.1. The Morgan fingerprint density at radius 2 is 1.83 bits per heavy atom. The summed E-state index contributed by atoms with van der Waals surface area (Å²) in [7, 11) is 3.98. The van der Waals surface area contributed by atoms with Crippen molar-refractivity contribution in [2.75, 3.05) is 35.8 Å². The van der Waals surface area contributed by atoms with Crippen molar-refractivity contribution in [1.29, 1.82) is 0 Å². The topological polar surface area (TPSA) is 81.6 Å². The number of alkyl halides is 3. The molecule has 7 nitrogen and oxygen atoms in total. The fourth-order valence-corrected chi connectivity index (χ4v) is 5.08. The highest BCUT2D eigenvalue weighted by Gasteiger charge is 2.32. The second-order valence-electron chi connectivity index (χ2n) is 9.70. The Hall–Kier alpha value is -3.04. The monoisotopic (exact) mass is 491 g/mol. The molecule has 190 valence electrons. The van der Waals surface area contributed by atoms with Crippen molar-refractivity contribution in [3.05, 3.63) is 41.1 Å². The molecule has 0 aliphatic heterocycles. The molecule has 0 unspecified atom stereocenters. The van der Waals surface area contributed by atoms with E-state index in [4.69, 9.17) is 9.97 Å². The van der Waals surface area contributed by atoms with Gasteiger partial charge >= 0.3 is 12.3 Å². The highest BCUT2D eigenvalue weighted by Crippen LogP contribution is 2.34. The third-order valence-electron chi connectivity index (χ3n) is 6.92. The highest BCUT2D eigenvalue weighted by molar-refractivity contribution is 5.86. The van der Waals surface area contributed by atoms with E-state index in [1.54, 1.807) is 0 Å². The van der Waals surface area contributed by atoms with Gasteiger partial charge in [-0.25, -0.2) is 9.78 Å². The number of fused-ring (bicyclic) bond motifs is 1. The minimum atomic E-state index is -4.52. The number of nitrogens with one attached hydrogen (secondary N) is 1. The Kier molecular flexibility index (Phi) is 7.37. The van der Waals surface area contributed by atoms with Crippen LogP contribution in [0.5, 0.6) is 0 Å². The summed E-state index contributed by atoms with van der Waals surface area (Å²) in [5.41, 5.74) is 1.55. The third-order valence-corrected chi connectivity index (χ3v) is 6.92. The molecular formula is C25H32F3N5O2. The summed E-state index contributed by atoms with van der Waals surface area (Å²) in [5.74, 6) is 1.67. The van der Waals surface area contributed by atoms with Crippen molar-refractivity contribution in [3.63, 3.8) is 0 Å². The van der Waals surface area contributed by atoms with E-state index in [-0.39, 0.29) is 24.2 Å². The molecular weight excluding hydrogens is 459 g/mol. The molecule has 4 rings (SSSR count). The van der Waals surface area contributed by atoms with E-state index in [9.17, 15) is 23.1 Å². The number of aryl methyl sites for hydroxylation is 1. The molecule has 10 heteroatoms. The van der Waals surface area contributed by atoms with Crippen LogP contribution in [0.2, 0.25) is 0 Å².